The van der Waals surface area contributed by atoms with E-state index in [-0.39, 0.29) is 25.8 Å². The van der Waals surface area contributed by atoms with E-state index in [1.54, 1.807) is 20.9 Å². The molecule has 24 heavy (non-hydrogen) atoms. The van der Waals surface area contributed by atoms with E-state index in [1.165, 1.54) is 5.06 Å². The first-order valence-electron chi connectivity index (χ1n) is 7.71. The molecule has 0 spiro atoms. The highest BCUT2D eigenvalue weighted by Crippen LogP contribution is 2.64. The molecule has 0 aromatic rings. The number of hydroxylamine groups is 2. The number of nitrogens with one attached hydrogen (secondary N) is 1. The summed E-state index contributed by atoms with van der Waals surface area (Å²) in [6.07, 6.45) is -0.597. The second kappa shape index (κ2) is 7.90. The maximum Gasteiger partial charge on any atom is 0.498 e. The van der Waals surface area contributed by atoms with Gasteiger partial charge in [0.25, 0.3) is 12.0 Å². The molecule has 1 fully saturated rings. The molecule has 0 saturated carbocycles. The Balaban J connectivity index is 2.07. The van der Waals surface area contributed by atoms with Crippen LogP contribution in [0.1, 0.15) is 20.3 Å². The topological polar surface area (TPSA) is 100 Å². The zero-order valence-electron chi connectivity index (χ0n) is 13.8. The summed E-state index contributed by atoms with van der Waals surface area (Å²) in [6, 6.07) is -1.00. The smallest absolute Gasteiger partial charge is 0.248 e. The molecule has 0 aliphatic carbocycles. The van der Waals surface area contributed by atoms with Crippen molar-refractivity contribution in [1.29, 1.82) is 0 Å². The zero-order valence-corrected chi connectivity index (χ0v) is 14.7. The van der Waals surface area contributed by atoms with Gasteiger partial charge in [-0.25, -0.2) is 14.0 Å². The Morgan fingerprint density at radius 1 is 1.46 bits per heavy atom. The second-order valence-electron chi connectivity index (χ2n) is 5.39. The van der Waals surface area contributed by atoms with Crippen LogP contribution >= 0.6 is 7.94 Å². The average molecular weight is 367 g/mol. The number of carbonyl (C=O) groups is 2. The predicted molar refractivity (Wildman–Crippen MR) is 83.1 cm³/mol. The molecule has 9 nitrogen and oxygen atoms in total. The van der Waals surface area contributed by atoms with Gasteiger partial charge in [0, 0.05) is 13.5 Å². The lowest BCUT2D eigenvalue weighted by atomic mass is 10.2. The molecule has 2 aliphatic heterocycles. The van der Waals surface area contributed by atoms with Crippen LogP contribution < -0.4 is 5.32 Å². The maximum absolute atomic E-state index is 13.5. The second-order valence-corrected chi connectivity index (χ2v) is 7.61. The fraction of sp³-hybridized carbons (Fsp3) is 0.769. The van der Waals surface area contributed by atoms with Crippen molar-refractivity contribution < 1.29 is 37.3 Å². The molecule has 0 aromatic carbocycles. The van der Waals surface area contributed by atoms with Gasteiger partial charge < -0.3 is 0 Å². The highest BCUT2D eigenvalue weighted by Gasteiger charge is 2.57. The third kappa shape index (κ3) is 4.14. The monoisotopic (exact) mass is 367 g/mol. The molecule has 0 bridgehead atoms. The number of amides is 3. The summed E-state index contributed by atoms with van der Waals surface area (Å²) in [4.78, 5) is 39.1. The number of rotatable bonds is 7. The van der Waals surface area contributed by atoms with Crippen LogP contribution in [0.3, 0.4) is 0 Å². The molecule has 0 aromatic heterocycles. The number of hydrogen-bond donors (Lipinski definition) is 2. The molecule has 11 heteroatoms. The number of urea groups is 1. The average Bonchev–Trinajstić information content (AvgIpc) is 2.87. The van der Waals surface area contributed by atoms with Crippen LogP contribution in [0.25, 0.3) is 0 Å². The zero-order chi connectivity index (χ0) is 17.9. The highest BCUT2D eigenvalue weighted by atomic mass is 31.2. The first kappa shape index (κ1) is 19.3. The van der Waals surface area contributed by atoms with E-state index in [4.69, 9.17) is 13.9 Å². The van der Waals surface area contributed by atoms with Crippen molar-refractivity contribution in [3.05, 3.63) is 0 Å². The van der Waals surface area contributed by atoms with Gasteiger partial charge in [-0.05, 0) is 13.8 Å². The summed E-state index contributed by atoms with van der Waals surface area (Å²) in [5.74, 6) is -1.67. The van der Waals surface area contributed by atoms with E-state index in [0.717, 1.165) is 10.8 Å². The molecule has 2 rings (SSSR count). The fourth-order valence-electron chi connectivity index (χ4n) is 2.57. The number of imide groups is 1. The Labute approximate surface area is 139 Å². The number of halogens is 1. The Morgan fingerprint density at radius 3 is 2.67 bits per heavy atom. The Hall–Kier alpha value is -1.03. The molecule has 0 radical (unpaired) electrons. The first-order chi connectivity index (χ1) is 11.3. The van der Waals surface area contributed by atoms with Crippen LogP contribution in [0, 0.1) is 0 Å². The van der Waals surface area contributed by atoms with Gasteiger partial charge in [0.1, 0.15) is 12.8 Å². The predicted octanol–water partition coefficient (Wildman–Crippen LogP) is 0.447. The number of nitrogens with zero attached hydrogens (tertiary/aromatic N) is 2. The van der Waals surface area contributed by atoms with Crippen LogP contribution in [-0.2, 0) is 18.7 Å². The van der Waals surface area contributed by atoms with Crippen molar-refractivity contribution in [2.75, 3.05) is 26.8 Å². The minimum atomic E-state index is -3.20. The van der Waals surface area contributed by atoms with Crippen LogP contribution in [0.5, 0.6) is 0 Å². The van der Waals surface area contributed by atoms with E-state index in [1.807, 2.05) is 5.32 Å². The van der Waals surface area contributed by atoms with Crippen LogP contribution in [0.2, 0.25) is 0 Å². The normalized spacial score (nSPS) is 28.9. The molecule has 1 unspecified atom stereocenters. The van der Waals surface area contributed by atoms with E-state index in [2.05, 4.69) is 0 Å². The summed E-state index contributed by atoms with van der Waals surface area (Å²) in [5, 5.41) is 3.43. The van der Waals surface area contributed by atoms with Gasteiger partial charge in [-0.15, -0.1) is 0 Å². The van der Waals surface area contributed by atoms with E-state index in [0.29, 0.717) is 6.42 Å². The minimum absolute atomic E-state index is 0.102. The van der Waals surface area contributed by atoms with Gasteiger partial charge in [0.05, 0.1) is 19.3 Å². The molecule has 2 aliphatic rings. The summed E-state index contributed by atoms with van der Waals surface area (Å²) in [7, 11) is -1.56. The largest absolute Gasteiger partial charge is 0.498 e. The van der Waals surface area contributed by atoms with Crippen LogP contribution in [0.15, 0.2) is 0 Å². The van der Waals surface area contributed by atoms with E-state index >= 15 is 0 Å². The summed E-state index contributed by atoms with van der Waals surface area (Å²) in [6.45, 7) is 4.13. The lowest BCUT2D eigenvalue weighted by Crippen LogP contribution is -2.51. The molecule has 1 saturated heterocycles. The lowest BCUT2D eigenvalue weighted by Gasteiger charge is -2.20. The van der Waals surface area contributed by atoms with Gasteiger partial charge in [-0.1, -0.05) is 0 Å². The molecular formula is C13H23FN3O6P+2. The van der Waals surface area contributed by atoms with Gasteiger partial charge in [-0.2, -0.15) is 33.7 Å². The molecular weight excluding hydrogens is 344 g/mol. The van der Waals surface area contributed by atoms with Crippen LogP contribution in [-0.4, -0.2) is 77.5 Å². The van der Waals surface area contributed by atoms with Crippen molar-refractivity contribution in [1.82, 2.24) is 10.4 Å². The summed E-state index contributed by atoms with van der Waals surface area (Å²) >= 11 is 0. The Morgan fingerprint density at radius 2 is 2.08 bits per heavy atom. The van der Waals surface area contributed by atoms with Crippen molar-refractivity contribution in [2.24, 2.45) is 0 Å². The van der Waals surface area contributed by atoms with Crippen molar-refractivity contribution in [3.8, 4) is 0 Å². The third-order valence-corrected chi connectivity index (χ3v) is 6.02. The number of carbonyl (C=O) groups excluding carboxylic acids is 2. The van der Waals surface area contributed by atoms with E-state index < -0.39 is 31.9 Å². The van der Waals surface area contributed by atoms with Crippen LogP contribution in [0.4, 0.5) is 9.18 Å². The van der Waals surface area contributed by atoms with Crippen molar-refractivity contribution in [3.63, 3.8) is 0 Å². The number of hydrogen-bond acceptors (Lipinski definition) is 7. The molecule has 2 heterocycles. The fourth-order valence-corrected chi connectivity index (χ4v) is 4.49. The maximum atomic E-state index is 13.5. The number of alkyl halides is 1. The van der Waals surface area contributed by atoms with Gasteiger partial charge in [-0.3, -0.25) is 0 Å². The van der Waals surface area contributed by atoms with Gasteiger partial charge >= 0.3 is 19.9 Å². The van der Waals surface area contributed by atoms with Crippen molar-refractivity contribution in [2.45, 2.75) is 38.3 Å². The highest BCUT2D eigenvalue weighted by molar-refractivity contribution is 7.61. The SMILES string of the molecule is CCO[P+](O)(OCC)[C@@H]1C[C@H](C[N+]2=CC(F)C(=O)NC2=O)N(C)O1. The third-order valence-electron chi connectivity index (χ3n) is 3.73. The lowest BCUT2D eigenvalue weighted by molar-refractivity contribution is -0.438. The van der Waals surface area contributed by atoms with Gasteiger partial charge in [0.15, 0.2) is 0 Å². The molecule has 3 atom stereocenters. The van der Waals surface area contributed by atoms with Gasteiger partial charge in [0.2, 0.25) is 0 Å². The Bertz CT molecular complexity index is 528. The molecule has 136 valence electrons. The van der Waals surface area contributed by atoms with Crippen molar-refractivity contribution >= 4 is 26.1 Å². The Kier molecular flexibility index (Phi) is 6.35. The minimum Gasteiger partial charge on any atom is -0.248 e. The van der Waals surface area contributed by atoms with E-state index in [9.17, 15) is 18.9 Å². The molecule has 2 N–H and O–H groups in total. The standard InChI is InChI=1S/C13H22FN3O6P/c1-4-21-24(20,22-5-2)11-6-9(16(3)23-11)7-17-8-10(14)12(18)15-13(17)19/h8-11,20H,4-7H2,1-3H3/q+1/p+1/t9-,10?,11-/m1/s1. The summed E-state index contributed by atoms with van der Waals surface area (Å²) < 4.78 is 25.3. The first-order valence-corrected chi connectivity index (χ1v) is 9.36. The molecule has 3 amide bonds. The summed E-state index contributed by atoms with van der Waals surface area (Å²) in [5.41, 5.74) is 0. The quantitative estimate of drug-likeness (QED) is 0.498. The number of likely N-dealkylation sites (N-methyl/N-ethyl adjacent to an activating group) is 1.